The number of halogens is 1. The van der Waals surface area contributed by atoms with Gasteiger partial charge in [-0.3, -0.25) is 14.5 Å². The zero-order valence-electron chi connectivity index (χ0n) is 22.6. The Labute approximate surface area is 233 Å². The molecule has 5 rings (SSSR count). The minimum Gasteiger partial charge on any atom is -0.338 e. The van der Waals surface area contributed by atoms with Gasteiger partial charge in [0.25, 0.3) is 0 Å². The van der Waals surface area contributed by atoms with Crippen LogP contribution in [0.3, 0.4) is 0 Å². The van der Waals surface area contributed by atoms with Crippen molar-refractivity contribution in [1.29, 1.82) is 0 Å². The molecule has 0 unspecified atom stereocenters. The van der Waals surface area contributed by atoms with Gasteiger partial charge in [0.1, 0.15) is 0 Å². The van der Waals surface area contributed by atoms with E-state index in [2.05, 4.69) is 34.1 Å². The van der Waals surface area contributed by atoms with Gasteiger partial charge in [-0.2, -0.15) is 0 Å². The van der Waals surface area contributed by atoms with E-state index < -0.39 is 0 Å². The molecule has 2 saturated carbocycles. The topological polar surface area (TPSA) is 43.9 Å². The molecule has 3 aliphatic rings. The molecule has 0 saturated heterocycles. The molecular weight excluding hydrogens is 494 g/mol. The maximum atomic E-state index is 13.5. The van der Waals surface area contributed by atoms with Crippen LogP contribution >= 0.6 is 11.6 Å². The van der Waals surface area contributed by atoms with Gasteiger partial charge in [0.15, 0.2) is 0 Å². The average molecular weight is 536 g/mol. The highest BCUT2D eigenvalue weighted by atomic mass is 35.5. The first kappa shape index (κ1) is 27.2. The summed E-state index contributed by atoms with van der Waals surface area (Å²) in [6.07, 6.45) is 10.6. The molecule has 5 nitrogen and oxygen atoms in total. The quantitative estimate of drug-likeness (QED) is 0.414. The summed E-state index contributed by atoms with van der Waals surface area (Å²) in [6.45, 7) is 4.71. The number of hydrogen-bond donors (Lipinski definition) is 0. The smallest absolute Gasteiger partial charge is 0.230 e. The Kier molecular flexibility index (Phi) is 9.40. The first-order valence-corrected chi connectivity index (χ1v) is 15.1. The fourth-order valence-electron chi connectivity index (χ4n) is 6.15. The normalized spacial score (nSPS) is 20.0. The maximum absolute atomic E-state index is 13.5. The molecule has 0 bridgehead atoms. The Hall–Kier alpha value is -2.37. The molecular formula is C32H42ClN3O2. The Morgan fingerprint density at radius 2 is 1.53 bits per heavy atom. The predicted octanol–water partition coefficient (Wildman–Crippen LogP) is 6.68. The minimum atomic E-state index is 0.158. The van der Waals surface area contributed by atoms with Gasteiger partial charge in [-0.05, 0) is 67.3 Å². The van der Waals surface area contributed by atoms with Crippen molar-refractivity contribution in [2.45, 2.75) is 77.3 Å². The molecule has 2 aliphatic carbocycles. The van der Waals surface area contributed by atoms with E-state index in [1.54, 1.807) is 0 Å². The summed E-state index contributed by atoms with van der Waals surface area (Å²) in [6, 6.07) is 16.3. The van der Waals surface area contributed by atoms with Crippen LogP contribution in [0.1, 0.15) is 75.3 Å². The highest BCUT2D eigenvalue weighted by molar-refractivity contribution is 6.30. The van der Waals surface area contributed by atoms with E-state index in [1.165, 1.54) is 31.2 Å². The zero-order valence-corrected chi connectivity index (χ0v) is 23.4. The summed E-state index contributed by atoms with van der Waals surface area (Å²) in [5, 5.41) is 0.752. The number of para-hydroxylation sites is 1. The Morgan fingerprint density at radius 3 is 2.26 bits per heavy atom. The van der Waals surface area contributed by atoms with Gasteiger partial charge in [-0.15, -0.1) is 0 Å². The number of nitrogens with zero attached hydrogens (tertiary/aromatic N) is 3. The fourth-order valence-corrected chi connectivity index (χ4v) is 6.27. The first-order chi connectivity index (χ1) is 18.6. The first-order valence-electron chi connectivity index (χ1n) is 14.7. The van der Waals surface area contributed by atoms with Crippen LogP contribution in [0.2, 0.25) is 5.02 Å². The van der Waals surface area contributed by atoms with Crippen molar-refractivity contribution in [2.24, 2.45) is 11.8 Å². The van der Waals surface area contributed by atoms with Crippen LogP contribution in [0.4, 0.5) is 5.69 Å². The summed E-state index contributed by atoms with van der Waals surface area (Å²) >= 11 is 6.12. The maximum Gasteiger partial charge on any atom is 0.230 e. The lowest BCUT2D eigenvalue weighted by molar-refractivity contribution is -0.132. The van der Waals surface area contributed by atoms with Crippen molar-refractivity contribution in [3.8, 4) is 0 Å². The van der Waals surface area contributed by atoms with Gasteiger partial charge in [0, 0.05) is 62.3 Å². The Balaban J connectivity index is 1.36. The molecule has 2 amide bonds. The molecule has 1 aliphatic heterocycles. The number of carbonyl (C=O) groups excluding carboxylic acids is 2. The van der Waals surface area contributed by atoms with Gasteiger partial charge in [0.2, 0.25) is 11.8 Å². The van der Waals surface area contributed by atoms with Crippen LogP contribution in [0, 0.1) is 11.8 Å². The monoisotopic (exact) mass is 535 g/mol. The SMILES string of the molecule is O=C(CCC1CCCC1)N1CCCN(Cc2ccc(Cl)cc2)CCCN(C(=O)C2CC2)c2ccccc2C1. The fraction of sp³-hybridized carbons (Fsp3) is 0.562. The molecule has 38 heavy (non-hydrogen) atoms. The number of carbonyl (C=O) groups is 2. The summed E-state index contributed by atoms with van der Waals surface area (Å²) in [5.74, 6) is 1.37. The van der Waals surface area contributed by atoms with E-state index in [-0.39, 0.29) is 17.7 Å². The van der Waals surface area contributed by atoms with E-state index in [0.29, 0.717) is 25.4 Å². The van der Waals surface area contributed by atoms with E-state index in [4.69, 9.17) is 11.6 Å². The molecule has 2 aromatic rings. The second-order valence-corrected chi connectivity index (χ2v) is 11.9. The van der Waals surface area contributed by atoms with Crippen molar-refractivity contribution in [3.05, 3.63) is 64.7 Å². The highest BCUT2D eigenvalue weighted by Crippen LogP contribution is 2.35. The minimum absolute atomic E-state index is 0.158. The van der Waals surface area contributed by atoms with Gasteiger partial charge in [0.05, 0.1) is 0 Å². The third-order valence-corrected chi connectivity index (χ3v) is 8.76. The average Bonchev–Trinajstić information content (AvgIpc) is 3.64. The van der Waals surface area contributed by atoms with Gasteiger partial charge in [-0.25, -0.2) is 0 Å². The molecule has 0 atom stereocenters. The molecule has 2 fully saturated rings. The Bertz CT molecular complexity index is 1080. The molecule has 6 heteroatoms. The lowest BCUT2D eigenvalue weighted by atomic mass is 10.0. The van der Waals surface area contributed by atoms with Crippen LogP contribution in [-0.2, 0) is 22.7 Å². The van der Waals surface area contributed by atoms with Crippen LogP contribution in [0.25, 0.3) is 0 Å². The van der Waals surface area contributed by atoms with E-state index in [9.17, 15) is 9.59 Å². The van der Waals surface area contributed by atoms with Crippen LogP contribution < -0.4 is 4.90 Å². The van der Waals surface area contributed by atoms with Crippen molar-refractivity contribution in [1.82, 2.24) is 9.80 Å². The summed E-state index contributed by atoms with van der Waals surface area (Å²) in [5.41, 5.74) is 3.32. The standard InChI is InChI=1S/C32H42ClN3O2/c33-29-16-11-26(12-17-29)23-34-19-5-21-35(31(37)18-13-25-7-1-2-8-25)24-28-9-3-4-10-30(28)36(22-6-20-34)32(38)27-14-15-27/h3-4,9-12,16-17,25,27H,1-2,5-8,13-15,18-24H2. The molecule has 0 radical (unpaired) electrons. The summed E-state index contributed by atoms with van der Waals surface area (Å²) < 4.78 is 0. The third-order valence-electron chi connectivity index (χ3n) is 8.51. The number of rotatable bonds is 6. The third kappa shape index (κ3) is 7.39. The molecule has 0 N–H and O–H groups in total. The second-order valence-electron chi connectivity index (χ2n) is 11.5. The van der Waals surface area contributed by atoms with Crippen LogP contribution in [-0.4, -0.2) is 47.8 Å². The summed E-state index contributed by atoms with van der Waals surface area (Å²) in [7, 11) is 0. The van der Waals surface area contributed by atoms with Crippen molar-refractivity contribution in [3.63, 3.8) is 0 Å². The number of amides is 2. The Morgan fingerprint density at radius 1 is 0.816 bits per heavy atom. The number of benzene rings is 2. The number of anilines is 1. The van der Waals surface area contributed by atoms with Gasteiger partial charge < -0.3 is 9.80 Å². The van der Waals surface area contributed by atoms with Gasteiger partial charge >= 0.3 is 0 Å². The van der Waals surface area contributed by atoms with Crippen LogP contribution in [0.15, 0.2) is 48.5 Å². The molecule has 204 valence electrons. The molecule has 0 aromatic heterocycles. The lowest BCUT2D eigenvalue weighted by Gasteiger charge is -2.32. The van der Waals surface area contributed by atoms with E-state index in [0.717, 1.165) is 74.6 Å². The molecule has 0 spiro atoms. The highest BCUT2D eigenvalue weighted by Gasteiger charge is 2.35. The number of fused-ring (bicyclic) bond motifs is 1. The number of hydrogen-bond acceptors (Lipinski definition) is 3. The van der Waals surface area contributed by atoms with E-state index >= 15 is 0 Å². The van der Waals surface area contributed by atoms with Crippen molar-refractivity contribution < 1.29 is 9.59 Å². The van der Waals surface area contributed by atoms with E-state index in [1.807, 2.05) is 29.2 Å². The summed E-state index contributed by atoms with van der Waals surface area (Å²) in [4.78, 5) is 33.5. The zero-order chi connectivity index (χ0) is 26.3. The van der Waals surface area contributed by atoms with Crippen molar-refractivity contribution >= 4 is 29.1 Å². The second kappa shape index (κ2) is 13.1. The lowest BCUT2D eigenvalue weighted by Crippen LogP contribution is -2.39. The van der Waals surface area contributed by atoms with Crippen molar-refractivity contribution in [2.75, 3.05) is 31.1 Å². The van der Waals surface area contributed by atoms with Crippen LogP contribution in [0.5, 0.6) is 0 Å². The predicted molar refractivity (Wildman–Crippen MR) is 154 cm³/mol. The van der Waals surface area contributed by atoms with Gasteiger partial charge in [-0.1, -0.05) is 67.6 Å². The molecule has 2 aromatic carbocycles. The largest absolute Gasteiger partial charge is 0.338 e. The molecule has 1 heterocycles.